The molecule has 30 heavy (non-hydrogen) atoms. The average Bonchev–Trinajstić information content (AvgIpc) is 2.99. The lowest BCUT2D eigenvalue weighted by atomic mass is 10.2. The topological polar surface area (TPSA) is 100 Å². The molecular weight excluding hydrogens is 472 g/mol. The van der Waals surface area contributed by atoms with Gasteiger partial charge in [0.05, 0.1) is 29.5 Å². The number of fused-ring (bicyclic) bond motifs is 1. The van der Waals surface area contributed by atoms with E-state index in [1.807, 2.05) is 18.2 Å². The van der Waals surface area contributed by atoms with Gasteiger partial charge in [-0.15, -0.1) is 0 Å². The van der Waals surface area contributed by atoms with Crippen LogP contribution in [0.3, 0.4) is 0 Å². The Morgan fingerprint density at radius 3 is 2.73 bits per heavy atom. The SMILES string of the molecule is C[C@H](N=C1NS(=O)(=O)c2ccccc21)C(=O)Nc1cc(Br)ccc1N1CCOCC1. The van der Waals surface area contributed by atoms with E-state index in [9.17, 15) is 13.2 Å². The van der Waals surface area contributed by atoms with Crippen LogP contribution >= 0.6 is 15.9 Å². The number of carbonyl (C=O) groups is 1. The van der Waals surface area contributed by atoms with Crippen LogP contribution in [0.15, 0.2) is 56.8 Å². The van der Waals surface area contributed by atoms with Crippen LogP contribution in [-0.4, -0.2) is 52.5 Å². The minimum Gasteiger partial charge on any atom is -0.378 e. The Balaban J connectivity index is 1.57. The minimum absolute atomic E-state index is 0.165. The van der Waals surface area contributed by atoms with Gasteiger partial charge in [-0.1, -0.05) is 28.1 Å². The minimum atomic E-state index is -3.65. The van der Waals surface area contributed by atoms with Crippen molar-refractivity contribution in [3.05, 3.63) is 52.5 Å². The highest BCUT2D eigenvalue weighted by Crippen LogP contribution is 2.30. The number of ether oxygens (including phenoxy) is 1. The molecule has 1 fully saturated rings. The van der Waals surface area contributed by atoms with Crippen LogP contribution in [0.5, 0.6) is 0 Å². The molecule has 0 aliphatic carbocycles. The Hall–Kier alpha value is -2.43. The number of morpholine rings is 1. The van der Waals surface area contributed by atoms with Crippen molar-refractivity contribution >= 4 is 49.1 Å². The lowest BCUT2D eigenvalue weighted by Gasteiger charge is -2.30. The molecule has 2 aliphatic heterocycles. The molecule has 4 rings (SSSR count). The van der Waals surface area contributed by atoms with Gasteiger partial charge in [0.1, 0.15) is 11.9 Å². The van der Waals surface area contributed by atoms with Crippen LogP contribution in [0, 0.1) is 0 Å². The lowest BCUT2D eigenvalue weighted by molar-refractivity contribution is -0.117. The monoisotopic (exact) mass is 492 g/mol. The molecule has 2 N–H and O–H groups in total. The van der Waals surface area contributed by atoms with Gasteiger partial charge in [0, 0.05) is 23.1 Å². The van der Waals surface area contributed by atoms with Gasteiger partial charge in [0.2, 0.25) is 5.91 Å². The van der Waals surface area contributed by atoms with Gasteiger partial charge in [-0.3, -0.25) is 14.5 Å². The van der Waals surface area contributed by atoms with Gasteiger partial charge in [-0.25, -0.2) is 8.42 Å². The number of anilines is 2. The molecule has 1 saturated heterocycles. The highest BCUT2D eigenvalue weighted by Gasteiger charge is 2.31. The Labute approximate surface area is 183 Å². The van der Waals surface area contributed by atoms with Crippen molar-refractivity contribution in [3.8, 4) is 0 Å². The fourth-order valence-electron chi connectivity index (χ4n) is 3.41. The van der Waals surface area contributed by atoms with Crippen LogP contribution in [0.1, 0.15) is 12.5 Å². The van der Waals surface area contributed by atoms with Gasteiger partial charge < -0.3 is 15.0 Å². The number of benzene rings is 2. The molecule has 2 aromatic rings. The van der Waals surface area contributed by atoms with Gasteiger partial charge in [0.25, 0.3) is 10.0 Å². The molecule has 2 aliphatic rings. The van der Waals surface area contributed by atoms with Crippen molar-refractivity contribution in [2.75, 3.05) is 36.5 Å². The molecule has 1 amide bonds. The molecule has 2 aromatic carbocycles. The first-order chi connectivity index (χ1) is 14.3. The van der Waals surface area contributed by atoms with E-state index in [-0.39, 0.29) is 16.6 Å². The maximum absolute atomic E-state index is 12.9. The average molecular weight is 493 g/mol. The molecule has 1 atom stereocenters. The number of amidine groups is 1. The van der Waals surface area contributed by atoms with E-state index in [1.165, 1.54) is 6.07 Å². The first-order valence-corrected chi connectivity index (χ1v) is 11.8. The number of aliphatic imine (C=N–C) groups is 1. The summed E-state index contributed by atoms with van der Waals surface area (Å²) in [6, 6.07) is 11.5. The molecule has 0 unspecified atom stereocenters. The Kier molecular flexibility index (Phi) is 5.81. The number of sulfonamides is 1. The van der Waals surface area contributed by atoms with Gasteiger partial charge in [-0.05, 0) is 37.3 Å². The quantitative estimate of drug-likeness (QED) is 0.682. The van der Waals surface area contributed by atoms with E-state index in [1.54, 1.807) is 25.1 Å². The third-order valence-corrected chi connectivity index (χ3v) is 6.82. The molecular formula is C20H21BrN4O4S. The first kappa shape index (κ1) is 20.8. The number of nitrogens with zero attached hydrogens (tertiary/aromatic N) is 2. The zero-order valence-corrected chi connectivity index (χ0v) is 18.7. The third-order valence-electron chi connectivity index (χ3n) is 4.93. The number of hydrogen-bond acceptors (Lipinski definition) is 6. The second-order valence-corrected chi connectivity index (χ2v) is 9.57. The fraction of sp³-hybridized carbons (Fsp3) is 0.300. The van der Waals surface area contributed by atoms with Crippen LogP contribution in [0.2, 0.25) is 0 Å². The summed E-state index contributed by atoms with van der Waals surface area (Å²) in [5.74, 6) is -0.158. The largest absolute Gasteiger partial charge is 0.378 e. The van der Waals surface area contributed by atoms with Gasteiger partial charge in [0.15, 0.2) is 0 Å². The molecule has 0 radical (unpaired) electrons. The highest BCUT2D eigenvalue weighted by atomic mass is 79.9. The second kappa shape index (κ2) is 8.37. The van der Waals surface area contributed by atoms with E-state index in [2.05, 4.69) is 35.9 Å². The van der Waals surface area contributed by atoms with E-state index in [4.69, 9.17) is 4.74 Å². The molecule has 0 spiro atoms. The summed E-state index contributed by atoms with van der Waals surface area (Å²) >= 11 is 3.45. The number of nitrogens with one attached hydrogen (secondary N) is 2. The van der Waals surface area contributed by atoms with Crippen LogP contribution in [-0.2, 0) is 19.6 Å². The summed E-state index contributed by atoms with van der Waals surface area (Å²) in [5, 5.41) is 2.93. The molecule has 0 bridgehead atoms. The molecule has 10 heteroatoms. The Bertz CT molecular complexity index is 1110. The number of halogens is 1. The van der Waals surface area contributed by atoms with E-state index < -0.39 is 16.1 Å². The summed E-state index contributed by atoms with van der Waals surface area (Å²) in [6.45, 7) is 4.37. The zero-order chi connectivity index (χ0) is 21.3. The first-order valence-electron chi connectivity index (χ1n) is 9.48. The molecule has 0 saturated carbocycles. The normalized spacial score (nSPS) is 19.8. The lowest BCUT2D eigenvalue weighted by Crippen LogP contribution is -2.37. The van der Waals surface area contributed by atoms with Crippen LogP contribution in [0.4, 0.5) is 11.4 Å². The number of carbonyl (C=O) groups excluding carboxylic acids is 1. The highest BCUT2D eigenvalue weighted by molar-refractivity contribution is 9.10. The molecule has 2 heterocycles. The predicted octanol–water partition coefficient (Wildman–Crippen LogP) is 2.35. The van der Waals surface area contributed by atoms with E-state index >= 15 is 0 Å². The number of hydrogen-bond donors (Lipinski definition) is 2. The summed E-state index contributed by atoms with van der Waals surface area (Å²) in [7, 11) is -3.65. The van der Waals surface area contributed by atoms with E-state index in [0.29, 0.717) is 24.5 Å². The second-order valence-electron chi connectivity index (χ2n) is 7.01. The van der Waals surface area contributed by atoms with E-state index in [0.717, 1.165) is 23.2 Å². The molecule has 8 nitrogen and oxygen atoms in total. The van der Waals surface area contributed by atoms with Crippen LogP contribution < -0.4 is 14.9 Å². The van der Waals surface area contributed by atoms with Crippen molar-refractivity contribution in [1.82, 2.24) is 4.72 Å². The fourth-order valence-corrected chi connectivity index (χ4v) is 5.01. The smallest absolute Gasteiger partial charge is 0.263 e. The summed E-state index contributed by atoms with van der Waals surface area (Å²) in [5.41, 5.74) is 2.03. The third kappa shape index (κ3) is 4.21. The standard InChI is InChI=1S/C20H21BrN4O4S/c1-13(22-19-15-4-2-3-5-18(15)30(27,28)24-19)20(26)23-16-12-14(21)6-7-17(16)25-8-10-29-11-9-25/h2-7,12-13H,8-11H2,1H3,(H,22,24)(H,23,26)/t13-/m0/s1. The summed E-state index contributed by atoms with van der Waals surface area (Å²) < 4.78 is 33.2. The van der Waals surface area contributed by atoms with Crippen molar-refractivity contribution in [1.29, 1.82) is 0 Å². The summed E-state index contributed by atoms with van der Waals surface area (Å²) in [6.07, 6.45) is 0. The van der Waals surface area contributed by atoms with Crippen molar-refractivity contribution < 1.29 is 17.9 Å². The van der Waals surface area contributed by atoms with Gasteiger partial charge >= 0.3 is 0 Å². The zero-order valence-electron chi connectivity index (χ0n) is 16.3. The number of amides is 1. The molecule has 158 valence electrons. The van der Waals surface area contributed by atoms with Crippen molar-refractivity contribution in [2.45, 2.75) is 17.9 Å². The Morgan fingerprint density at radius 2 is 1.97 bits per heavy atom. The Morgan fingerprint density at radius 1 is 1.23 bits per heavy atom. The van der Waals surface area contributed by atoms with Gasteiger partial charge in [-0.2, -0.15) is 0 Å². The molecule has 0 aromatic heterocycles. The number of rotatable bonds is 4. The summed E-state index contributed by atoms with van der Waals surface area (Å²) in [4.78, 5) is 19.5. The van der Waals surface area contributed by atoms with Crippen molar-refractivity contribution in [2.24, 2.45) is 4.99 Å². The maximum Gasteiger partial charge on any atom is 0.263 e. The maximum atomic E-state index is 12.9. The van der Waals surface area contributed by atoms with Crippen molar-refractivity contribution in [3.63, 3.8) is 0 Å². The van der Waals surface area contributed by atoms with Crippen LogP contribution in [0.25, 0.3) is 0 Å². The predicted molar refractivity (Wildman–Crippen MR) is 119 cm³/mol.